The molecule has 138 valence electrons. The molecule has 1 saturated carbocycles. The Morgan fingerprint density at radius 2 is 1.65 bits per heavy atom. The molecule has 26 heavy (non-hydrogen) atoms. The van der Waals surface area contributed by atoms with Crippen LogP contribution in [0, 0.1) is 5.92 Å². The Hall–Kier alpha value is -1.87. The highest BCUT2D eigenvalue weighted by Crippen LogP contribution is 2.25. The molecule has 0 bridgehead atoms. The zero-order valence-corrected chi connectivity index (χ0v) is 15.7. The number of hydrogen-bond donors (Lipinski definition) is 0. The molecule has 3 nitrogen and oxygen atoms in total. The lowest BCUT2D eigenvalue weighted by Crippen LogP contribution is -2.37. The molecular formula is C23H30N2O. The predicted octanol–water partition coefficient (Wildman–Crippen LogP) is 4.57. The van der Waals surface area contributed by atoms with E-state index in [2.05, 4.69) is 28.0 Å². The van der Waals surface area contributed by atoms with Crippen molar-refractivity contribution in [3.63, 3.8) is 0 Å². The molecule has 2 aromatic rings. The van der Waals surface area contributed by atoms with Crippen LogP contribution < -0.4 is 0 Å². The van der Waals surface area contributed by atoms with E-state index < -0.39 is 0 Å². The van der Waals surface area contributed by atoms with Crippen molar-refractivity contribution in [3.05, 3.63) is 48.0 Å². The summed E-state index contributed by atoms with van der Waals surface area (Å²) in [7, 11) is 0. The summed E-state index contributed by atoms with van der Waals surface area (Å²) in [6, 6.07) is 14.3. The van der Waals surface area contributed by atoms with Crippen LogP contribution in [0.15, 0.2) is 42.5 Å². The highest BCUT2D eigenvalue weighted by Gasteiger charge is 2.23. The number of fused-ring (bicyclic) bond motifs is 1. The van der Waals surface area contributed by atoms with Crippen LogP contribution in [0.25, 0.3) is 10.8 Å². The minimum Gasteiger partial charge on any atom is -0.337 e. The van der Waals surface area contributed by atoms with Crippen molar-refractivity contribution in [1.29, 1.82) is 0 Å². The molecule has 0 radical (unpaired) electrons. The highest BCUT2D eigenvalue weighted by molar-refractivity contribution is 6.07. The van der Waals surface area contributed by atoms with Gasteiger partial charge in [0.1, 0.15) is 0 Å². The van der Waals surface area contributed by atoms with Crippen molar-refractivity contribution in [2.75, 3.05) is 32.7 Å². The van der Waals surface area contributed by atoms with Gasteiger partial charge in [0.2, 0.25) is 0 Å². The van der Waals surface area contributed by atoms with Crippen molar-refractivity contribution < 1.29 is 4.79 Å². The van der Waals surface area contributed by atoms with E-state index in [0.717, 1.165) is 54.9 Å². The van der Waals surface area contributed by atoms with Gasteiger partial charge < -0.3 is 9.80 Å². The lowest BCUT2D eigenvalue weighted by Gasteiger charge is -2.28. The van der Waals surface area contributed by atoms with E-state index in [4.69, 9.17) is 0 Å². The van der Waals surface area contributed by atoms with Crippen molar-refractivity contribution >= 4 is 16.7 Å². The summed E-state index contributed by atoms with van der Waals surface area (Å²) < 4.78 is 0. The number of carbonyl (C=O) groups is 1. The maximum Gasteiger partial charge on any atom is 0.254 e. The van der Waals surface area contributed by atoms with Gasteiger partial charge in [-0.3, -0.25) is 4.79 Å². The SMILES string of the molecule is O=C(c1cccc2ccccc12)N1CCCN(CC2CCCCC2)CC1. The first-order valence-electron chi connectivity index (χ1n) is 10.3. The molecule has 0 N–H and O–H groups in total. The summed E-state index contributed by atoms with van der Waals surface area (Å²) in [6.45, 7) is 5.12. The Kier molecular flexibility index (Phi) is 5.54. The maximum absolute atomic E-state index is 13.2. The molecule has 1 amide bonds. The minimum absolute atomic E-state index is 0.196. The van der Waals surface area contributed by atoms with Crippen LogP contribution in [0.3, 0.4) is 0 Å². The first-order chi connectivity index (χ1) is 12.8. The van der Waals surface area contributed by atoms with Crippen LogP contribution in [0.4, 0.5) is 0 Å². The quantitative estimate of drug-likeness (QED) is 0.810. The van der Waals surface area contributed by atoms with E-state index in [1.54, 1.807) is 0 Å². The molecule has 0 aromatic heterocycles. The fraction of sp³-hybridized carbons (Fsp3) is 0.522. The third-order valence-electron chi connectivity index (χ3n) is 6.14. The van der Waals surface area contributed by atoms with Gasteiger partial charge in [0.25, 0.3) is 5.91 Å². The van der Waals surface area contributed by atoms with Gasteiger partial charge in [-0.2, -0.15) is 0 Å². The summed E-state index contributed by atoms with van der Waals surface area (Å²) in [5.74, 6) is 1.07. The summed E-state index contributed by atoms with van der Waals surface area (Å²) in [6.07, 6.45) is 8.12. The standard InChI is InChI=1S/C23H30N2O/c26-23(22-13-6-11-20-10-4-5-12-21(20)22)25-15-7-14-24(16-17-25)18-19-8-2-1-3-9-19/h4-6,10-13,19H,1-3,7-9,14-18H2. The Labute approximate surface area is 157 Å². The maximum atomic E-state index is 13.2. The van der Waals surface area contributed by atoms with E-state index in [0.29, 0.717) is 0 Å². The smallest absolute Gasteiger partial charge is 0.254 e. The number of benzene rings is 2. The Morgan fingerprint density at radius 1 is 0.846 bits per heavy atom. The van der Waals surface area contributed by atoms with E-state index in [-0.39, 0.29) is 5.91 Å². The van der Waals surface area contributed by atoms with Crippen LogP contribution in [0.1, 0.15) is 48.9 Å². The van der Waals surface area contributed by atoms with E-state index in [1.165, 1.54) is 38.6 Å². The molecule has 1 aliphatic heterocycles. The molecule has 1 aliphatic carbocycles. The molecule has 2 aromatic carbocycles. The largest absolute Gasteiger partial charge is 0.337 e. The lowest BCUT2D eigenvalue weighted by molar-refractivity contribution is 0.0762. The Bertz CT molecular complexity index is 745. The van der Waals surface area contributed by atoms with E-state index in [1.807, 2.05) is 24.3 Å². The Balaban J connectivity index is 1.42. The zero-order chi connectivity index (χ0) is 17.8. The van der Waals surface area contributed by atoms with Crippen molar-refractivity contribution in [2.45, 2.75) is 38.5 Å². The summed E-state index contributed by atoms with van der Waals surface area (Å²) in [4.78, 5) is 17.8. The van der Waals surface area contributed by atoms with Gasteiger partial charge in [-0.1, -0.05) is 55.7 Å². The van der Waals surface area contributed by atoms with Crippen LogP contribution in [-0.4, -0.2) is 48.4 Å². The molecule has 0 unspecified atom stereocenters. The molecule has 4 rings (SSSR count). The van der Waals surface area contributed by atoms with Crippen molar-refractivity contribution in [3.8, 4) is 0 Å². The van der Waals surface area contributed by atoms with Gasteiger partial charge in [-0.05, 0) is 48.6 Å². The molecule has 1 heterocycles. The highest BCUT2D eigenvalue weighted by atomic mass is 16.2. The number of carbonyl (C=O) groups excluding carboxylic acids is 1. The first-order valence-corrected chi connectivity index (χ1v) is 10.3. The topological polar surface area (TPSA) is 23.6 Å². The van der Waals surface area contributed by atoms with Gasteiger partial charge in [-0.25, -0.2) is 0 Å². The number of amides is 1. The molecule has 1 saturated heterocycles. The third-order valence-corrected chi connectivity index (χ3v) is 6.14. The molecule has 0 atom stereocenters. The van der Waals surface area contributed by atoms with Crippen molar-refractivity contribution in [1.82, 2.24) is 9.80 Å². The average molecular weight is 351 g/mol. The van der Waals surface area contributed by atoms with Crippen LogP contribution in [0.5, 0.6) is 0 Å². The van der Waals surface area contributed by atoms with Crippen LogP contribution in [-0.2, 0) is 0 Å². The Morgan fingerprint density at radius 3 is 2.54 bits per heavy atom. The van der Waals surface area contributed by atoms with E-state index >= 15 is 0 Å². The van der Waals surface area contributed by atoms with Crippen LogP contribution in [0.2, 0.25) is 0 Å². The molecule has 3 heteroatoms. The molecule has 0 spiro atoms. The monoisotopic (exact) mass is 350 g/mol. The number of nitrogens with zero attached hydrogens (tertiary/aromatic N) is 2. The first kappa shape index (κ1) is 17.5. The number of hydrogen-bond acceptors (Lipinski definition) is 2. The van der Waals surface area contributed by atoms with E-state index in [9.17, 15) is 4.79 Å². The van der Waals surface area contributed by atoms with Gasteiger partial charge in [0.05, 0.1) is 0 Å². The zero-order valence-electron chi connectivity index (χ0n) is 15.7. The van der Waals surface area contributed by atoms with Gasteiger partial charge in [-0.15, -0.1) is 0 Å². The predicted molar refractivity (Wildman–Crippen MR) is 107 cm³/mol. The summed E-state index contributed by atoms with van der Waals surface area (Å²) in [5.41, 5.74) is 0.851. The molecule has 2 aliphatic rings. The fourth-order valence-electron chi connectivity index (χ4n) is 4.67. The summed E-state index contributed by atoms with van der Waals surface area (Å²) >= 11 is 0. The van der Waals surface area contributed by atoms with Crippen LogP contribution >= 0.6 is 0 Å². The normalized spacial score (nSPS) is 20.2. The molecular weight excluding hydrogens is 320 g/mol. The van der Waals surface area contributed by atoms with Crippen molar-refractivity contribution in [2.24, 2.45) is 5.92 Å². The lowest BCUT2D eigenvalue weighted by atomic mass is 9.89. The molecule has 2 fully saturated rings. The van der Waals surface area contributed by atoms with Gasteiger partial charge in [0, 0.05) is 31.7 Å². The minimum atomic E-state index is 0.196. The van der Waals surface area contributed by atoms with Gasteiger partial charge >= 0.3 is 0 Å². The number of rotatable bonds is 3. The second-order valence-corrected chi connectivity index (χ2v) is 7.98. The average Bonchev–Trinajstić information content (AvgIpc) is 2.93. The second kappa shape index (κ2) is 8.22. The summed E-state index contributed by atoms with van der Waals surface area (Å²) in [5, 5.41) is 2.22. The van der Waals surface area contributed by atoms with Gasteiger partial charge in [0.15, 0.2) is 0 Å². The second-order valence-electron chi connectivity index (χ2n) is 7.98. The fourth-order valence-corrected chi connectivity index (χ4v) is 4.67. The third kappa shape index (κ3) is 3.93.